The van der Waals surface area contributed by atoms with E-state index in [1.807, 2.05) is 6.92 Å². The molecule has 0 aliphatic rings. The van der Waals surface area contributed by atoms with Gasteiger partial charge in [0.25, 0.3) is 0 Å². The van der Waals surface area contributed by atoms with E-state index in [1.54, 1.807) is 18.2 Å². The molecular formula is C12H17NO3. The molecule has 4 nitrogen and oxygen atoms in total. The second-order valence-corrected chi connectivity index (χ2v) is 3.40. The highest BCUT2D eigenvalue weighted by Crippen LogP contribution is 2.24. The van der Waals surface area contributed by atoms with Crippen molar-refractivity contribution in [1.82, 2.24) is 0 Å². The van der Waals surface area contributed by atoms with Crippen LogP contribution in [0.15, 0.2) is 18.2 Å². The minimum absolute atomic E-state index is 0.0607. The summed E-state index contributed by atoms with van der Waals surface area (Å²) in [5, 5.41) is 0. The van der Waals surface area contributed by atoms with Crippen molar-refractivity contribution < 1.29 is 14.3 Å². The van der Waals surface area contributed by atoms with Crippen molar-refractivity contribution in [1.29, 1.82) is 0 Å². The van der Waals surface area contributed by atoms with Crippen molar-refractivity contribution in [3.05, 3.63) is 23.8 Å². The maximum atomic E-state index is 11.7. The molecule has 0 aliphatic heterocycles. The third-order valence-electron chi connectivity index (χ3n) is 2.17. The lowest BCUT2D eigenvalue weighted by molar-refractivity contribution is 0.0762. The Hall–Kier alpha value is -1.55. The first kappa shape index (κ1) is 12.5. The van der Waals surface area contributed by atoms with Gasteiger partial charge in [0.05, 0.1) is 12.8 Å². The summed E-state index contributed by atoms with van der Waals surface area (Å²) < 4.78 is 10.2. The molecule has 0 aromatic heterocycles. The molecule has 88 valence electrons. The minimum atomic E-state index is -0.121. The van der Waals surface area contributed by atoms with Crippen LogP contribution in [-0.2, 0) is 4.74 Å². The number of hydrogen-bond acceptors (Lipinski definition) is 4. The molecule has 0 radical (unpaired) electrons. The SMILES string of the molecule is CCCOCC(=O)c1cccc(OC)c1N. The molecule has 16 heavy (non-hydrogen) atoms. The molecule has 0 atom stereocenters. The van der Waals surface area contributed by atoms with Crippen LogP contribution in [0.4, 0.5) is 5.69 Å². The van der Waals surface area contributed by atoms with E-state index in [-0.39, 0.29) is 12.4 Å². The minimum Gasteiger partial charge on any atom is -0.495 e. The van der Waals surface area contributed by atoms with E-state index >= 15 is 0 Å². The van der Waals surface area contributed by atoms with Gasteiger partial charge in [0.1, 0.15) is 12.4 Å². The third kappa shape index (κ3) is 2.97. The molecule has 2 N–H and O–H groups in total. The molecule has 0 saturated heterocycles. The summed E-state index contributed by atoms with van der Waals surface area (Å²) in [6.45, 7) is 2.63. The Morgan fingerprint density at radius 3 is 2.81 bits per heavy atom. The smallest absolute Gasteiger partial charge is 0.190 e. The van der Waals surface area contributed by atoms with E-state index in [2.05, 4.69) is 0 Å². The number of Topliss-reactive ketones (excluding diaryl/α,β-unsaturated/α-hetero) is 1. The van der Waals surface area contributed by atoms with Gasteiger partial charge >= 0.3 is 0 Å². The van der Waals surface area contributed by atoms with Crippen LogP contribution in [0.1, 0.15) is 23.7 Å². The van der Waals surface area contributed by atoms with Gasteiger partial charge in [-0.2, -0.15) is 0 Å². The van der Waals surface area contributed by atoms with E-state index in [9.17, 15) is 4.79 Å². The largest absolute Gasteiger partial charge is 0.495 e. The van der Waals surface area contributed by atoms with E-state index in [0.717, 1.165) is 6.42 Å². The molecule has 4 heteroatoms. The second-order valence-electron chi connectivity index (χ2n) is 3.40. The number of nitrogen functional groups attached to an aromatic ring is 1. The maximum absolute atomic E-state index is 11.7. The number of ether oxygens (including phenoxy) is 2. The zero-order valence-corrected chi connectivity index (χ0v) is 9.66. The summed E-state index contributed by atoms with van der Waals surface area (Å²) in [6.07, 6.45) is 0.890. The number of hydrogen-bond donors (Lipinski definition) is 1. The van der Waals surface area contributed by atoms with Gasteiger partial charge in [-0.15, -0.1) is 0 Å². The van der Waals surface area contributed by atoms with Gasteiger partial charge in [0.2, 0.25) is 0 Å². The molecule has 0 spiro atoms. The Balaban J connectivity index is 2.75. The van der Waals surface area contributed by atoms with Crippen molar-refractivity contribution in [2.45, 2.75) is 13.3 Å². The van der Waals surface area contributed by atoms with Crippen molar-refractivity contribution in [2.75, 3.05) is 26.1 Å². The zero-order valence-electron chi connectivity index (χ0n) is 9.66. The Bertz CT molecular complexity index is 363. The first-order valence-corrected chi connectivity index (χ1v) is 5.24. The molecule has 1 aromatic carbocycles. The number of anilines is 1. The molecular weight excluding hydrogens is 206 g/mol. The van der Waals surface area contributed by atoms with Crippen LogP contribution in [0, 0.1) is 0 Å². The van der Waals surface area contributed by atoms with E-state index < -0.39 is 0 Å². The summed E-state index contributed by atoms with van der Waals surface area (Å²) in [6, 6.07) is 5.14. The number of ketones is 1. The number of nitrogens with two attached hydrogens (primary N) is 1. The van der Waals surface area contributed by atoms with E-state index in [0.29, 0.717) is 23.6 Å². The fourth-order valence-corrected chi connectivity index (χ4v) is 1.35. The fraction of sp³-hybridized carbons (Fsp3) is 0.417. The highest BCUT2D eigenvalue weighted by Gasteiger charge is 2.12. The van der Waals surface area contributed by atoms with Crippen LogP contribution in [0.5, 0.6) is 5.75 Å². The quantitative estimate of drug-likeness (QED) is 0.454. The van der Waals surface area contributed by atoms with E-state index in [4.69, 9.17) is 15.2 Å². The molecule has 1 rings (SSSR count). The maximum Gasteiger partial charge on any atom is 0.190 e. The summed E-state index contributed by atoms with van der Waals surface area (Å²) in [7, 11) is 1.52. The fourth-order valence-electron chi connectivity index (χ4n) is 1.35. The number of carbonyl (C=O) groups excluding carboxylic acids is 1. The summed E-state index contributed by atoms with van der Waals surface area (Å²) in [5.74, 6) is 0.395. The average molecular weight is 223 g/mol. The molecule has 0 saturated carbocycles. The van der Waals surface area contributed by atoms with Crippen molar-refractivity contribution >= 4 is 11.5 Å². The normalized spacial score (nSPS) is 10.1. The van der Waals surface area contributed by atoms with Gasteiger partial charge < -0.3 is 15.2 Å². The van der Waals surface area contributed by atoms with Gasteiger partial charge in [-0.25, -0.2) is 0 Å². The predicted molar refractivity (Wildman–Crippen MR) is 62.8 cm³/mol. The standard InChI is InChI=1S/C12H17NO3/c1-3-7-16-8-10(14)9-5-4-6-11(15-2)12(9)13/h4-6H,3,7-8,13H2,1-2H3. The Kier molecular flexibility index (Phi) is 4.79. The van der Waals surface area contributed by atoms with Crippen LogP contribution >= 0.6 is 0 Å². The van der Waals surface area contributed by atoms with Crippen molar-refractivity contribution in [2.24, 2.45) is 0 Å². The average Bonchev–Trinajstić information content (AvgIpc) is 2.29. The van der Waals surface area contributed by atoms with E-state index in [1.165, 1.54) is 7.11 Å². The first-order chi connectivity index (χ1) is 7.70. The van der Waals surface area contributed by atoms with Crippen LogP contribution in [0.3, 0.4) is 0 Å². The van der Waals surface area contributed by atoms with Crippen molar-refractivity contribution in [3.8, 4) is 5.75 Å². The molecule has 0 unspecified atom stereocenters. The summed E-state index contributed by atoms with van der Waals surface area (Å²) in [4.78, 5) is 11.7. The molecule has 0 fully saturated rings. The van der Waals surface area contributed by atoms with Gasteiger partial charge in [-0.1, -0.05) is 13.0 Å². The first-order valence-electron chi connectivity index (χ1n) is 5.24. The van der Waals surface area contributed by atoms with Gasteiger partial charge in [0.15, 0.2) is 5.78 Å². The Labute approximate surface area is 95.3 Å². The number of benzene rings is 1. The molecule has 0 amide bonds. The van der Waals surface area contributed by atoms with Crippen LogP contribution in [0.25, 0.3) is 0 Å². The third-order valence-corrected chi connectivity index (χ3v) is 2.17. The predicted octanol–water partition coefficient (Wildman–Crippen LogP) is 1.89. The van der Waals surface area contributed by atoms with Gasteiger partial charge in [-0.05, 0) is 18.6 Å². The monoisotopic (exact) mass is 223 g/mol. The Morgan fingerprint density at radius 1 is 1.44 bits per heavy atom. The molecule has 0 aliphatic carbocycles. The number of methoxy groups -OCH3 is 1. The zero-order chi connectivity index (χ0) is 12.0. The highest BCUT2D eigenvalue weighted by molar-refractivity contribution is 6.02. The molecule has 1 aromatic rings. The van der Waals surface area contributed by atoms with Gasteiger partial charge in [0, 0.05) is 12.2 Å². The lowest BCUT2D eigenvalue weighted by Crippen LogP contribution is -2.12. The molecule has 0 heterocycles. The Morgan fingerprint density at radius 2 is 2.19 bits per heavy atom. The second kappa shape index (κ2) is 6.12. The number of para-hydroxylation sites is 1. The van der Waals surface area contributed by atoms with Crippen molar-refractivity contribution in [3.63, 3.8) is 0 Å². The highest BCUT2D eigenvalue weighted by atomic mass is 16.5. The topological polar surface area (TPSA) is 61.5 Å². The lowest BCUT2D eigenvalue weighted by Gasteiger charge is -2.09. The summed E-state index contributed by atoms with van der Waals surface area (Å²) >= 11 is 0. The van der Waals surface area contributed by atoms with Crippen LogP contribution < -0.4 is 10.5 Å². The van der Waals surface area contributed by atoms with Crippen LogP contribution in [0.2, 0.25) is 0 Å². The van der Waals surface area contributed by atoms with Gasteiger partial charge in [-0.3, -0.25) is 4.79 Å². The van der Waals surface area contributed by atoms with Crippen LogP contribution in [-0.4, -0.2) is 26.1 Å². The molecule has 0 bridgehead atoms. The summed E-state index contributed by atoms with van der Waals surface area (Å²) in [5.41, 5.74) is 6.62. The number of rotatable bonds is 6. The number of carbonyl (C=O) groups is 1. The lowest BCUT2D eigenvalue weighted by atomic mass is 10.1.